The van der Waals surface area contributed by atoms with Gasteiger partial charge < -0.3 is 5.32 Å². The number of nitrogens with one attached hydrogen (secondary N) is 1. The Morgan fingerprint density at radius 3 is 2.44 bits per heavy atom. The van der Waals surface area contributed by atoms with Gasteiger partial charge in [-0.15, -0.1) is 0 Å². The van der Waals surface area contributed by atoms with E-state index < -0.39 is 16.1 Å². The summed E-state index contributed by atoms with van der Waals surface area (Å²) in [5, 5.41) is 4.74. The molecule has 0 radical (unpaired) electrons. The van der Waals surface area contributed by atoms with Gasteiger partial charge in [0.2, 0.25) is 15.9 Å². The Morgan fingerprint density at radius 1 is 0.912 bits per heavy atom. The number of benzene rings is 3. The third kappa shape index (κ3) is 4.44. The van der Waals surface area contributed by atoms with Crippen LogP contribution in [0.3, 0.4) is 0 Å². The van der Waals surface area contributed by atoms with Crippen LogP contribution in [0.15, 0.2) is 96.0 Å². The molecule has 2 heterocycles. The smallest absolute Gasteiger partial charge is 0.244 e. The first-order valence-corrected chi connectivity index (χ1v) is 12.7. The summed E-state index contributed by atoms with van der Waals surface area (Å²) in [4.78, 5) is 17.7. The number of hydrogen-bond donors (Lipinski definition) is 1. The Labute approximate surface area is 199 Å². The van der Waals surface area contributed by atoms with E-state index in [-0.39, 0.29) is 17.3 Å². The number of carbonyl (C=O) groups excluding carboxylic acids is 1. The molecule has 0 aliphatic carbocycles. The van der Waals surface area contributed by atoms with Crippen molar-refractivity contribution in [1.82, 2.24) is 14.6 Å². The summed E-state index contributed by atoms with van der Waals surface area (Å²) in [5.41, 5.74) is 2.79. The van der Waals surface area contributed by atoms with Crippen molar-refractivity contribution in [2.75, 3.05) is 6.54 Å². The van der Waals surface area contributed by atoms with Gasteiger partial charge in [0.05, 0.1) is 4.90 Å². The molecule has 4 aromatic rings. The predicted molar refractivity (Wildman–Crippen MR) is 132 cm³/mol. The Balaban J connectivity index is 1.44. The number of sulfonamides is 1. The second kappa shape index (κ2) is 9.37. The van der Waals surface area contributed by atoms with Crippen molar-refractivity contribution in [3.63, 3.8) is 0 Å². The van der Waals surface area contributed by atoms with Gasteiger partial charge in [-0.25, -0.2) is 8.42 Å². The van der Waals surface area contributed by atoms with Crippen LogP contribution in [0.5, 0.6) is 0 Å². The summed E-state index contributed by atoms with van der Waals surface area (Å²) in [6, 6.07) is 25.3. The minimum atomic E-state index is -3.91. The molecule has 3 aromatic carbocycles. The maximum atomic E-state index is 13.8. The molecular formula is C27H25N3O3S. The van der Waals surface area contributed by atoms with Crippen LogP contribution >= 0.6 is 0 Å². The van der Waals surface area contributed by atoms with E-state index in [9.17, 15) is 13.2 Å². The highest BCUT2D eigenvalue weighted by atomic mass is 32.2. The quantitative estimate of drug-likeness (QED) is 0.465. The maximum absolute atomic E-state index is 13.8. The van der Waals surface area contributed by atoms with Gasteiger partial charge in [0.1, 0.15) is 6.04 Å². The van der Waals surface area contributed by atoms with E-state index in [1.54, 1.807) is 18.3 Å². The van der Waals surface area contributed by atoms with Crippen LogP contribution in [0.2, 0.25) is 0 Å². The minimum Gasteiger partial charge on any atom is -0.354 e. The van der Waals surface area contributed by atoms with Gasteiger partial charge in [-0.3, -0.25) is 9.78 Å². The van der Waals surface area contributed by atoms with Crippen LogP contribution in [-0.2, 0) is 34.2 Å². The van der Waals surface area contributed by atoms with Gasteiger partial charge in [-0.1, -0.05) is 60.7 Å². The highest BCUT2D eigenvalue weighted by Gasteiger charge is 2.39. The molecule has 0 bridgehead atoms. The van der Waals surface area contributed by atoms with E-state index in [4.69, 9.17) is 0 Å². The second-order valence-corrected chi connectivity index (χ2v) is 10.3. The average molecular weight is 472 g/mol. The first kappa shape index (κ1) is 22.3. The lowest BCUT2D eigenvalue weighted by Gasteiger charge is -2.35. The third-order valence-electron chi connectivity index (χ3n) is 6.24. The molecule has 0 fully saturated rings. The van der Waals surface area contributed by atoms with Gasteiger partial charge in [0, 0.05) is 31.4 Å². The fraction of sp³-hybridized carbons (Fsp3) is 0.185. The van der Waals surface area contributed by atoms with E-state index in [0.29, 0.717) is 19.4 Å². The number of fused-ring (bicyclic) bond motifs is 2. The number of aromatic nitrogens is 1. The third-order valence-corrected chi connectivity index (χ3v) is 8.09. The molecule has 34 heavy (non-hydrogen) atoms. The van der Waals surface area contributed by atoms with Crippen molar-refractivity contribution in [1.29, 1.82) is 0 Å². The van der Waals surface area contributed by atoms with Crippen molar-refractivity contribution in [3.05, 3.63) is 108 Å². The summed E-state index contributed by atoms with van der Waals surface area (Å²) in [7, 11) is -3.91. The van der Waals surface area contributed by atoms with Crippen LogP contribution in [-0.4, -0.2) is 36.2 Å². The van der Waals surface area contributed by atoms with Gasteiger partial charge in [-0.05, 0) is 52.6 Å². The van der Waals surface area contributed by atoms with E-state index in [1.807, 2.05) is 72.8 Å². The topological polar surface area (TPSA) is 79.4 Å². The SMILES string of the molecule is O=C(NCCc1ccccn1)[C@H]1Cc2ccccc2CN1S(=O)(=O)c1ccc2ccccc2c1. The molecular weight excluding hydrogens is 446 g/mol. The highest BCUT2D eigenvalue weighted by Crippen LogP contribution is 2.30. The molecule has 1 aromatic heterocycles. The molecule has 1 amide bonds. The molecule has 1 aliphatic heterocycles. The Kier molecular flexibility index (Phi) is 6.13. The zero-order chi connectivity index (χ0) is 23.5. The van der Waals surface area contributed by atoms with E-state index in [1.165, 1.54) is 4.31 Å². The zero-order valence-electron chi connectivity index (χ0n) is 18.6. The Morgan fingerprint density at radius 2 is 1.65 bits per heavy atom. The molecule has 0 saturated heterocycles. The van der Waals surface area contributed by atoms with Crippen LogP contribution in [0.4, 0.5) is 0 Å². The van der Waals surface area contributed by atoms with E-state index >= 15 is 0 Å². The van der Waals surface area contributed by atoms with E-state index in [0.717, 1.165) is 27.6 Å². The van der Waals surface area contributed by atoms with Gasteiger partial charge in [0.15, 0.2) is 0 Å². The standard InChI is InChI=1S/C27H25N3O3S/c31-27(29-16-14-24-11-5-6-15-28-24)26-18-22-9-3-4-10-23(22)19-30(26)34(32,33)25-13-12-20-7-1-2-8-21(20)17-25/h1-13,15,17,26H,14,16,18-19H2,(H,29,31)/t26-/m1/s1. The average Bonchev–Trinajstić information content (AvgIpc) is 2.88. The zero-order valence-corrected chi connectivity index (χ0v) is 19.4. The number of amides is 1. The van der Waals surface area contributed by atoms with Crippen molar-refractivity contribution in [3.8, 4) is 0 Å². The molecule has 172 valence electrons. The molecule has 5 rings (SSSR count). The van der Waals surface area contributed by atoms with E-state index in [2.05, 4.69) is 10.3 Å². The minimum absolute atomic E-state index is 0.156. The first-order chi connectivity index (χ1) is 16.5. The lowest BCUT2D eigenvalue weighted by molar-refractivity contribution is -0.125. The number of pyridine rings is 1. The number of nitrogens with zero attached hydrogens (tertiary/aromatic N) is 2. The van der Waals surface area contributed by atoms with Crippen LogP contribution in [0.25, 0.3) is 10.8 Å². The first-order valence-electron chi connectivity index (χ1n) is 11.3. The second-order valence-electron chi connectivity index (χ2n) is 8.41. The molecule has 1 N–H and O–H groups in total. The predicted octanol–water partition coefficient (Wildman–Crippen LogP) is 3.71. The maximum Gasteiger partial charge on any atom is 0.244 e. The van der Waals surface area contributed by atoms with Crippen molar-refractivity contribution in [2.45, 2.75) is 30.3 Å². The largest absolute Gasteiger partial charge is 0.354 e. The van der Waals surface area contributed by atoms with Crippen molar-refractivity contribution in [2.24, 2.45) is 0 Å². The fourth-order valence-corrected chi connectivity index (χ4v) is 6.02. The molecule has 7 heteroatoms. The Bertz CT molecular complexity index is 1440. The lowest BCUT2D eigenvalue weighted by atomic mass is 9.95. The highest BCUT2D eigenvalue weighted by molar-refractivity contribution is 7.89. The monoisotopic (exact) mass is 471 g/mol. The van der Waals surface area contributed by atoms with Crippen molar-refractivity contribution < 1.29 is 13.2 Å². The summed E-state index contributed by atoms with van der Waals surface area (Å²) in [6.07, 6.45) is 2.62. The molecule has 1 atom stereocenters. The fourth-order valence-electron chi connectivity index (χ4n) is 4.42. The molecule has 0 spiro atoms. The van der Waals surface area contributed by atoms with Crippen molar-refractivity contribution >= 4 is 26.7 Å². The number of hydrogen-bond acceptors (Lipinski definition) is 4. The van der Waals surface area contributed by atoms with Crippen LogP contribution < -0.4 is 5.32 Å². The van der Waals surface area contributed by atoms with Crippen LogP contribution in [0.1, 0.15) is 16.8 Å². The molecule has 0 unspecified atom stereocenters. The van der Waals surface area contributed by atoms with Crippen LogP contribution in [0, 0.1) is 0 Å². The molecule has 6 nitrogen and oxygen atoms in total. The summed E-state index contributed by atoms with van der Waals surface area (Å²) >= 11 is 0. The van der Waals surface area contributed by atoms with Gasteiger partial charge >= 0.3 is 0 Å². The summed E-state index contributed by atoms with van der Waals surface area (Å²) in [5.74, 6) is -0.296. The number of carbonyl (C=O) groups is 1. The van der Waals surface area contributed by atoms with Gasteiger partial charge in [-0.2, -0.15) is 4.31 Å². The van der Waals surface area contributed by atoms with Gasteiger partial charge in [0.25, 0.3) is 0 Å². The number of rotatable bonds is 6. The normalized spacial score (nSPS) is 16.2. The summed E-state index contributed by atoms with van der Waals surface area (Å²) < 4.78 is 28.9. The molecule has 1 aliphatic rings. The molecule has 0 saturated carbocycles. The summed E-state index contributed by atoms with van der Waals surface area (Å²) in [6.45, 7) is 0.543. The Hall–Kier alpha value is -3.55. The lowest BCUT2D eigenvalue weighted by Crippen LogP contribution is -2.52.